The van der Waals surface area contributed by atoms with Gasteiger partial charge in [-0.1, -0.05) is 0 Å². The normalized spacial score (nSPS) is 14.1. The van der Waals surface area contributed by atoms with Crippen LogP contribution in [0, 0.1) is 11.6 Å². The lowest BCUT2D eigenvalue weighted by molar-refractivity contribution is -0.152. The van der Waals surface area contributed by atoms with Gasteiger partial charge < -0.3 is 15.4 Å². The van der Waals surface area contributed by atoms with E-state index in [9.17, 15) is 41.1 Å². The van der Waals surface area contributed by atoms with E-state index in [0.29, 0.717) is 12.1 Å². The molecule has 8 nitrogen and oxygen atoms in total. The highest BCUT2D eigenvalue weighted by molar-refractivity contribution is 6.11. The zero-order valence-electron chi connectivity index (χ0n) is 17.3. The predicted molar refractivity (Wildman–Crippen MR) is 107 cm³/mol. The SMILES string of the molecule is CC(OC(=O)CNC(=O)c1ccc(F)cc1F)C(=O)N1CC(=O)Nc2cc(C(F)(F)F)ccc21. The fourth-order valence-electron chi connectivity index (χ4n) is 3.09. The van der Waals surface area contributed by atoms with E-state index in [2.05, 4.69) is 10.6 Å². The molecule has 1 heterocycles. The summed E-state index contributed by atoms with van der Waals surface area (Å²) in [5, 5.41) is 4.31. The van der Waals surface area contributed by atoms with Crippen molar-refractivity contribution in [1.29, 1.82) is 0 Å². The Morgan fingerprint density at radius 3 is 2.50 bits per heavy atom. The van der Waals surface area contributed by atoms with Crippen molar-refractivity contribution in [3.05, 3.63) is 59.2 Å². The van der Waals surface area contributed by atoms with Gasteiger partial charge in [-0.05, 0) is 37.3 Å². The van der Waals surface area contributed by atoms with Crippen molar-refractivity contribution in [2.75, 3.05) is 23.3 Å². The van der Waals surface area contributed by atoms with E-state index < -0.39 is 71.8 Å². The molecule has 3 rings (SSSR count). The number of ether oxygens (including phenoxy) is 1. The summed E-state index contributed by atoms with van der Waals surface area (Å²) in [6.45, 7) is -0.128. The monoisotopic (exact) mass is 485 g/mol. The predicted octanol–water partition coefficient (Wildman–Crippen LogP) is 2.63. The molecule has 0 bridgehead atoms. The van der Waals surface area contributed by atoms with E-state index in [1.54, 1.807) is 0 Å². The quantitative estimate of drug-likeness (QED) is 0.501. The molecule has 0 saturated heterocycles. The molecule has 0 aliphatic carbocycles. The molecule has 180 valence electrons. The van der Waals surface area contributed by atoms with Gasteiger partial charge in [0.05, 0.1) is 22.5 Å². The van der Waals surface area contributed by atoms with Crippen molar-refractivity contribution in [2.24, 2.45) is 0 Å². The lowest BCUT2D eigenvalue weighted by Gasteiger charge is -2.31. The molecule has 2 aromatic carbocycles. The van der Waals surface area contributed by atoms with Crippen LogP contribution in [0.4, 0.5) is 33.3 Å². The van der Waals surface area contributed by atoms with Gasteiger partial charge in [0.1, 0.15) is 24.7 Å². The fraction of sp³-hybridized carbons (Fsp3) is 0.238. The van der Waals surface area contributed by atoms with Crippen molar-refractivity contribution < 1.29 is 45.9 Å². The number of fused-ring (bicyclic) bond motifs is 1. The van der Waals surface area contributed by atoms with Crippen LogP contribution in [-0.2, 0) is 25.3 Å². The maximum atomic E-state index is 13.6. The second-order valence-corrected chi connectivity index (χ2v) is 7.14. The number of hydrogen-bond acceptors (Lipinski definition) is 5. The highest BCUT2D eigenvalue weighted by atomic mass is 19.4. The molecule has 2 aromatic rings. The van der Waals surface area contributed by atoms with Gasteiger partial charge in [0.15, 0.2) is 6.10 Å². The summed E-state index contributed by atoms with van der Waals surface area (Å²) in [5.74, 6) is -5.83. The molecular formula is C21H16F5N3O5. The number of anilines is 2. The molecule has 13 heteroatoms. The van der Waals surface area contributed by atoms with Crippen LogP contribution in [0.1, 0.15) is 22.8 Å². The smallest absolute Gasteiger partial charge is 0.416 e. The molecule has 0 radical (unpaired) electrons. The summed E-state index contributed by atoms with van der Waals surface area (Å²) in [7, 11) is 0. The summed E-state index contributed by atoms with van der Waals surface area (Å²) in [6.07, 6.45) is -6.15. The first-order chi connectivity index (χ1) is 15.9. The molecule has 1 aliphatic heterocycles. The number of halogens is 5. The summed E-state index contributed by atoms with van der Waals surface area (Å²) in [6, 6.07) is 4.62. The first kappa shape index (κ1) is 24.6. The Morgan fingerprint density at radius 1 is 1.15 bits per heavy atom. The Morgan fingerprint density at radius 2 is 1.85 bits per heavy atom. The Labute approximate surface area is 188 Å². The lowest BCUT2D eigenvalue weighted by Crippen LogP contribution is -2.47. The highest BCUT2D eigenvalue weighted by Crippen LogP contribution is 2.37. The van der Waals surface area contributed by atoms with E-state index in [-0.39, 0.29) is 11.4 Å². The zero-order chi connectivity index (χ0) is 25.2. The van der Waals surface area contributed by atoms with Gasteiger partial charge in [-0.3, -0.25) is 24.1 Å². The minimum Gasteiger partial charge on any atom is -0.451 e. The van der Waals surface area contributed by atoms with Gasteiger partial charge in [0.25, 0.3) is 11.8 Å². The Kier molecular flexibility index (Phi) is 6.84. The van der Waals surface area contributed by atoms with Crippen LogP contribution >= 0.6 is 0 Å². The summed E-state index contributed by atoms with van der Waals surface area (Å²) in [5.41, 5.74) is -1.83. The molecule has 3 amide bonds. The first-order valence-corrected chi connectivity index (χ1v) is 9.62. The number of alkyl halides is 3. The van der Waals surface area contributed by atoms with Crippen LogP contribution in [0.3, 0.4) is 0 Å². The number of esters is 1. The zero-order valence-corrected chi connectivity index (χ0v) is 17.3. The third-order valence-corrected chi connectivity index (χ3v) is 4.68. The number of nitrogens with zero attached hydrogens (tertiary/aromatic N) is 1. The van der Waals surface area contributed by atoms with Crippen molar-refractivity contribution >= 4 is 35.1 Å². The van der Waals surface area contributed by atoms with Crippen molar-refractivity contribution in [1.82, 2.24) is 5.32 Å². The Balaban J connectivity index is 1.64. The van der Waals surface area contributed by atoms with Crippen LogP contribution in [0.2, 0.25) is 0 Å². The molecule has 1 atom stereocenters. The van der Waals surface area contributed by atoms with E-state index >= 15 is 0 Å². The number of amides is 3. The summed E-state index contributed by atoms with van der Waals surface area (Å²) in [4.78, 5) is 49.5. The molecule has 2 N–H and O–H groups in total. The third-order valence-electron chi connectivity index (χ3n) is 4.68. The maximum absolute atomic E-state index is 13.6. The number of hydrogen-bond donors (Lipinski definition) is 2. The third kappa shape index (κ3) is 5.47. The standard InChI is InChI=1S/C21H16F5N3O5/c1-10(34-18(31)8-27-19(32)13-4-3-12(22)7-14(13)23)20(33)29-9-17(30)28-15-6-11(21(24,25)26)2-5-16(15)29/h2-7,10H,8-9H2,1H3,(H,27,32)(H,28,30). The van der Waals surface area contributed by atoms with Crippen LogP contribution < -0.4 is 15.5 Å². The van der Waals surface area contributed by atoms with Crippen LogP contribution in [-0.4, -0.2) is 42.9 Å². The largest absolute Gasteiger partial charge is 0.451 e. The second-order valence-electron chi connectivity index (χ2n) is 7.14. The van der Waals surface area contributed by atoms with Crippen LogP contribution in [0.5, 0.6) is 0 Å². The Hall–Kier alpha value is -4.03. The van der Waals surface area contributed by atoms with Crippen LogP contribution in [0.15, 0.2) is 36.4 Å². The number of carbonyl (C=O) groups excluding carboxylic acids is 4. The number of benzene rings is 2. The Bertz CT molecular complexity index is 1170. The molecule has 0 saturated carbocycles. The average Bonchev–Trinajstić information content (AvgIpc) is 2.75. The van der Waals surface area contributed by atoms with Gasteiger partial charge >= 0.3 is 12.1 Å². The molecular weight excluding hydrogens is 469 g/mol. The molecule has 1 aliphatic rings. The molecule has 0 aromatic heterocycles. The topological polar surface area (TPSA) is 105 Å². The first-order valence-electron chi connectivity index (χ1n) is 9.62. The minimum absolute atomic E-state index is 0.0272. The molecule has 0 spiro atoms. The lowest BCUT2D eigenvalue weighted by atomic mass is 10.1. The summed E-state index contributed by atoms with van der Waals surface area (Å²) < 4.78 is 70.3. The van der Waals surface area contributed by atoms with Gasteiger partial charge in [-0.15, -0.1) is 0 Å². The van der Waals surface area contributed by atoms with Crippen molar-refractivity contribution in [3.63, 3.8) is 0 Å². The van der Waals surface area contributed by atoms with E-state index in [4.69, 9.17) is 4.74 Å². The number of nitrogens with one attached hydrogen (secondary N) is 2. The molecule has 34 heavy (non-hydrogen) atoms. The number of carbonyl (C=O) groups is 4. The average molecular weight is 485 g/mol. The molecule has 1 unspecified atom stereocenters. The minimum atomic E-state index is -4.67. The fourth-order valence-corrected chi connectivity index (χ4v) is 3.09. The highest BCUT2D eigenvalue weighted by Gasteiger charge is 2.35. The molecule has 0 fully saturated rings. The van der Waals surface area contributed by atoms with Crippen LogP contribution in [0.25, 0.3) is 0 Å². The van der Waals surface area contributed by atoms with Crippen molar-refractivity contribution in [2.45, 2.75) is 19.2 Å². The van der Waals surface area contributed by atoms with E-state index in [1.807, 2.05) is 0 Å². The van der Waals surface area contributed by atoms with E-state index in [0.717, 1.165) is 36.1 Å². The van der Waals surface area contributed by atoms with Crippen molar-refractivity contribution in [3.8, 4) is 0 Å². The van der Waals surface area contributed by atoms with Gasteiger partial charge in [-0.2, -0.15) is 13.2 Å². The number of rotatable bonds is 5. The van der Waals surface area contributed by atoms with Gasteiger partial charge in [-0.25, -0.2) is 8.78 Å². The van der Waals surface area contributed by atoms with Gasteiger partial charge in [0.2, 0.25) is 5.91 Å². The summed E-state index contributed by atoms with van der Waals surface area (Å²) >= 11 is 0. The second kappa shape index (κ2) is 9.45. The maximum Gasteiger partial charge on any atom is 0.416 e. The van der Waals surface area contributed by atoms with E-state index in [1.165, 1.54) is 0 Å². The van der Waals surface area contributed by atoms with Gasteiger partial charge in [0, 0.05) is 6.07 Å².